The quantitative estimate of drug-likeness (QED) is 0.449. The minimum atomic E-state index is -0.0342. The smallest absolute Gasteiger partial charge is 0.277 e. The van der Waals surface area contributed by atoms with Gasteiger partial charge >= 0.3 is 0 Å². The average molecular weight is 483 g/mol. The highest BCUT2D eigenvalue weighted by atomic mass is 35.5. The number of nitrogens with one attached hydrogen (secondary N) is 1. The van der Waals surface area contributed by atoms with Crippen LogP contribution in [0.2, 0.25) is 5.02 Å². The van der Waals surface area contributed by atoms with Gasteiger partial charge in [-0.15, -0.1) is 10.2 Å². The van der Waals surface area contributed by atoms with Crippen LogP contribution in [0.15, 0.2) is 58.2 Å². The molecule has 1 N–H and O–H groups in total. The van der Waals surface area contributed by atoms with Crippen molar-refractivity contribution in [3.63, 3.8) is 0 Å². The molecule has 5 rings (SSSR count). The molecule has 9 heteroatoms. The third kappa shape index (κ3) is 5.75. The van der Waals surface area contributed by atoms with Crippen LogP contribution >= 0.6 is 23.4 Å². The van der Waals surface area contributed by atoms with Gasteiger partial charge in [0, 0.05) is 34.8 Å². The zero-order chi connectivity index (χ0) is 22.8. The Labute approximate surface area is 200 Å². The molecule has 0 atom stereocenters. The van der Waals surface area contributed by atoms with Crippen LogP contribution in [0, 0.1) is 0 Å². The predicted octanol–water partition coefficient (Wildman–Crippen LogP) is 4.57. The second kappa shape index (κ2) is 9.57. The van der Waals surface area contributed by atoms with Crippen LogP contribution in [-0.2, 0) is 11.3 Å². The second-order valence-corrected chi connectivity index (χ2v) is 9.73. The fraction of sp³-hybridized carbons (Fsp3) is 0.333. The van der Waals surface area contributed by atoms with E-state index in [2.05, 4.69) is 15.5 Å². The van der Waals surface area contributed by atoms with Gasteiger partial charge in [0.2, 0.25) is 11.8 Å². The molecule has 2 aromatic carbocycles. The lowest BCUT2D eigenvalue weighted by Gasteiger charge is -2.22. The summed E-state index contributed by atoms with van der Waals surface area (Å²) in [6.07, 6.45) is 4.15. The first-order valence-corrected chi connectivity index (χ1v) is 12.3. The Morgan fingerprint density at radius 3 is 2.42 bits per heavy atom. The van der Waals surface area contributed by atoms with Gasteiger partial charge in [0.05, 0.1) is 5.75 Å². The highest BCUT2D eigenvalue weighted by molar-refractivity contribution is 7.99. The summed E-state index contributed by atoms with van der Waals surface area (Å²) in [6.45, 7) is 0.522. The highest BCUT2D eigenvalue weighted by Crippen LogP contribution is 2.30. The number of carbonyl (C=O) groups is 2. The van der Waals surface area contributed by atoms with Crippen molar-refractivity contribution >= 4 is 35.2 Å². The van der Waals surface area contributed by atoms with Crippen LogP contribution in [0.25, 0.3) is 11.5 Å². The molecule has 0 bridgehead atoms. The van der Waals surface area contributed by atoms with E-state index in [-0.39, 0.29) is 23.6 Å². The Kier molecular flexibility index (Phi) is 6.37. The summed E-state index contributed by atoms with van der Waals surface area (Å²) in [6, 6.07) is 15.2. The maximum absolute atomic E-state index is 13.0. The first-order valence-electron chi connectivity index (χ1n) is 11.0. The normalized spacial score (nSPS) is 15.3. The molecule has 3 aromatic rings. The lowest BCUT2D eigenvalue weighted by molar-refractivity contribution is -0.129. The van der Waals surface area contributed by atoms with E-state index in [1.807, 2.05) is 41.3 Å². The van der Waals surface area contributed by atoms with Crippen molar-refractivity contribution in [3.8, 4) is 11.5 Å². The van der Waals surface area contributed by atoms with Gasteiger partial charge in [-0.05, 0) is 67.6 Å². The van der Waals surface area contributed by atoms with Crippen LogP contribution in [0.1, 0.15) is 41.6 Å². The standard InChI is InChI=1S/C24H23ClN4O3S/c25-18-7-5-17(6-8-18)23-27-28-24(32-23)33-14-21(30)29(20-11-12-20)13-15-1-3-16(4-2-15)22(31)26-19-9-10-19/h1-8,19-20H,9-14H2,(H,26,31). The molecule has 2 saturated carbocycles. The van der Waals surface area contributed by atoms with Crippen molar-refractivity contribution in [1.29, 1.82) is 0 Å². The van der Waals surface area contributed by atoms with Gasteiger partial charge in [0.15, 0.2) is 0 Å². The lowest BCUT2D eigenvalue weighted by Crippen LogP contribution is -2.34. The molecule has 0 saturated heterocycles. The largest absolute Gasteiger partial charge is 0.411 e. The number of carbonyl (C=O) groups excluding carboxylic acids is 2. The van der Waals surface area contributed by atoms with E-state index in [0.29, 0.717) is 34.3 Å². The third-order valence-electron chi connectivity index (χ3n) is 5.61. The van der Waals surface area contributed by atoms with E-state index in [4.69, 9.17) is 16.0 Å². The van der Waals surface area contributed by atoms with E-state index in [1.54, 1.807) is 12.1 Å². The number of aromatic nitrogens is 2. The van der Waals surface area contributed by atoms with E-state index in [9.17, 15) is 9.59 Å². The molecule has 0 spiro atoms. The first kappa shape index (κ1) is 22.0. The Hall–Kier alpha value is -2.84. The number of halogens is 1. The van der Waals surface area contributed by atoms with Crippen molar-refractivity contribution < 1.29 is 14.0 Å². The molecule has 0 radical (unpaired) electrons. The van der Waals surface area contributed by atoms with Gasteiger partial charge in [0.25, 0.3) is 11.1 Å². The van der Waals surface area contributed by atoms with E-state index in [0.717, 1.165) is 36.8 Å². The summed E-state index contributed by atoms with van der Waals surface area (Å²) in [5, 5.41) is 12.1. The number of hydrogen-bond acceptors (Lipinski definition) is 6. The molecule has 33 heavy (non-hydrogen) atoms. The van der Waals surface area contributed by atoms with Crippen LogP contribution in [-0.4, -0.2) is 44.7 Å². The fourth-order valence-electron chi connectivity index (χ4n) is 3.45. The number of nitrogens with zero attached hydrogens (tertiary/aromatic N) is 3. The average Bonchev–Trinajstić information content (AvgIpc) is 3.76. The second-order valence-electron chi connectivity index (χ2n) is 8.37. The Morgan fingerprint density at radius 2 is 1.76 bits per heavy atom. The van der Waals surface area contributed by atoms with Gasteiger partial charge in [-0.2, -0.15) is 0 Å². The number of thioether (sulfide) groups is 1. The molecule has 2 fully saturated rings. The maximum Gasteiger partial charge on any atom is 0.277 e. The van der Waals surface area contributed by atoms with Crippen molar-refractivity contribution in [2.45, 2.75) is 49.5 Å². The first-order chi connectivity index (χ1) is 16.0. The number of amides is 2. The maximum atomic E-state index is 13.0. The summed E-state index contributed by atoms with van der Waals surface area (Å²) >= 11 is 7.16. The summed E-state index contributed by atoms with van der Waals surface area (Å²) in [7, 11) is 0. The monoisotopic (exact) mass is 482 g/mol. The summed E-state index contributed by atoms with van der Waals surface area (Å²) in [5.41, 5.74) is 2.43. The molecule has 2 aliphatic carbocycles. The molecule has 7 nitrogen and oxygen atoms in total. The molecule has 0 unspecified atom stereocenters. The molecule has 2 amide bonds. The van der Waals surface area contributed by atoms with Crippen LogP contribution < -0.4 is 5.32 Å². The molecular formula is C24H23ClN4O3S. The molecule has 0 aliphatic heterocycles. The minimum absolute atomic E-state index is 0.0318. The van der Waals surface area contributed by atoms with Crippen LogP contribution in [0.4, 0.5) is 0 Å². The summed E-state index contributed by atoms with van der Waals surface area (Å²) in [4.78, 5) is 27.0. The predicted molar refractivity (Wildman–Crippen MR) is 126 cm³/mol. The molecule has 2 aliphatic rings. The van der Waals surface area contributed by atoms with Gasteiger partial charge in [-0.25, -0.2) is 0 Å². The van der Waals surface area contributed by atoms with Crippen molar-refractivity contribution in [2.24, 2.45) is 0 Å². The molecule has 1 heterocycles. The topological polar surface area (TPSA) is 88.3 Å². The van der Waals surface area contributed by atoms with E-state index < -0.39 is 0 Å². The van der Waals surface area contributed by atoms with Crippen LogP contribution in [0.5, 0.6) is 0 Å². The summed E-state index contributed by atoms with van der Waals surface area (Å²) < 4.78 is 5.69. The Morgan fingerprint density at radius 1 is 1.03 bits per heavy atom. The van der Waals surface area contributed by atoms with Crippen LogP contribution in [0.3, 0.4) is 0 Å². The summed E-state index contributed by atoms with van der Waals surface area (Å²) in [5.74, 6) is 0.615. The Bertz CT molecular complexity index is 1140. The van der Waals surface area contributed by atoms with Gasteiger partial charge < -0.3 is 14.6 Å². The molecule has 1 aromatic heterocycles. The minimum Gasteiger partial charge on any atom is -0.411 e. The van der Waals surface area contributed by atoms with Gasteiger partial charge in [-0.3, -0.25) is 9.59 Å². The molecule has 170 valence electrons. The van der Waals surface area contributed by atoms with E-state index in [1.165, 1.54) is 11.8 Å². The fourth-order valence-corrected chi connectivity index (χ4v) is 4.22. The van der Waals surface area contributed by atoms with Crippen molar-refractivity contribution in [2.75, 3.05) is 5.75 Å². The van der Waals surface area contributed by atoms with Crippen molar-refractivity contribution in [3.05, 3.63) is 64.7 Å². The third-order valence-corrected chi connectivity index (χ3v) is 6.66. The number of rotatable bonds is 9. The van der Waals surface area contributed by atoms with Gasteiger partial charge in [-0.1, -0.05) is 35.5 Å². The highest BCUT2D eigenvalue weighted by Gasteiger charge is 2.32. The number of hydrogen-bond donors (Lipinski definition) is 1. The van der Waals surface area contributed by atoms with Gasteiger partial charge in [0.1, 0.15) is 0 Å². The molecular weight excluding hydrogens is 460 g/mol. The van der Waals surface area contributed by atoms with E-state index >= 15 is 0 Å². The van der Waals surface area contributed by atoms with Crippen molar-refractivity contribution in [1.82, 2.24) is 20.4 Å². The SMILES string of the molecule is O=C(NC1CC1)c1ccc(CN(C(=O)CSc2nnc(-c3ccc(Cl)cc3)o2)C2CC2)cc1. The number of benzene rings is 2. The zero-order valence-electron chi connectivity index (χ0n) is 17.9. The lowest BCUT2D eigenvalue weighted by atomic mass is 10.1. The Balaban J connectivity index is 1.17. The zero-order valence-corrected chi connectivity index (χ0v) is 19.4.